The highest BCUT2D eigenvalue weighted by Crippen LogP contribution is 2.18. The van der Waals surface area contributed by atoms with Gasteiger partial charge in [-0.2, -0.15) is 0 Å². The average molecular weight is 358 g/mol. The number of unbranched alkanes of at least 4 members (excludes halogenated alkanes) is 4. The molecule has 21 heavy (non-hydrogen) atoms. The van der Waals surface area contributed by atoms with Crippen LogP contribution < -0.4 is 5.32 Å². The van der Waals surface area contributed by atoms with Crippen molar-refractivity contribution in [3.63, 3.8) is 0 Å². The molecule has 0 saturated carbocycles. The van der Waals surface area contributed by atoms with Gasteiger partial charge in [-0.15, -0.1) is 0 Å². The third-order valence-corrected chi connectivity index (χ3v) is 4.31. The maximum Gasteiger partial charge on any atom is 0.127 e. The van der Waals surface area contributed by atoms with Crippen LogP contribution in [0.3, 0.4) is 0 Å². The Kier molecular flexibility index (Phi) is 9.94. The standard InChI is InChI=1S/C18H29BrFN/c1-3-5-6-7-8-9-17(21-12-4-2)13-15-10-11-16(19)14-18(15)20/h10-11,14,17,21H,3-9,12-13H2,1-2H3. The topological polar surface area (TPSA) is 12.0 Å². The van der Waals surface area contributed by atoms with Gasteiger partial charge in [-0.25, -0.2) is 4.39 Å². The van der Waals surface area contributed by atoms with E-state index in [4.69, 9.17) is 0 Å². The molecular formula is C18H29BrFN. The van der Waals surface area contributed by atoms with Crippen LogP contribution in [0.4, 0.5) is 4.39 Å². The molecular weight excluding hydrogens is 329 g/mol. The molecule has 1 nitrogen and oxygen atoms in total. The molecule has 0 amide bonds. The Labute approximate surface area is 137 Å². The van der Waals surface area contributed by atoms with E-state index in [1.807, 2.05) is 12.1 Å². The fourth-order valence-electron chi connectivity index (χ4n) is 2.57. The first-order valence-electron chi connectivity index (χ1n) is 8.34. The molecule has 1 aromatic rings. The zero-order valence-corrected chi connectivity index (χ0v) is 15.0. The van der Waals surface area contributed by atoms with E-state index >= 15 is 0 Å². The van der Waals surface area contributed by atoms with Crippen molar-refractivity contribution in [1.29, 1.82) is 0 Å². The number of hydrogen-bond acceptors (Lipinski definition) is 1. The van der Waals surface area contributed by atoms with Gasteiger partial charge in [-0.3, -0.25) is 0 Å². The third kappa shape index (κ3) is 7.96. The minimum Gasteiger partial charge on any atom is -0.314 e. The quantitative estimate of drug-likeness (QED) is 0.489. The summed E-state index contributed by atoms with van der Waals surface area (Å²) in [6, 6.07) is 5.78. The molecule has 3 heteroatoms. The lowest BCUT2D eigenvalue weighted by Crippen LogP contribution is -2.32. The Bertz CT molecular complexity index is 395. The van der Waals surface area contributed by atoms with Gasteiger partial charge in [0.15, 0.2) is 0 Å². The normalized spacial score (nSPS) is 12.6. The number of hydrogen-bond donors (Lipinski definition) is 1. The Morgan fingerprint density at radius 3 is 2.52 bits per heavy atom. The zero-order valence-electron chi connectivity index (χ0n) is 13.4. The molecule has 0 saturated heterocycles. The van der Waals surface area contributed by atoms with Crippen molar-refractivity contribution < 1.29 is 4.39 Å². The Morgan fingerprint density at radius 1 is 1.10 bits per heavy atom. The van der Waals surface area contributed by atoms with Crippen LogP contribution >= 0.6 is 15.9 Å². The first-order chi connectivity index (χ1) is 10.2. The van der Waals surface area contributed by atoms with E-state index in [1.54, 1.807) is 6.07 Å². The average Bonchev–Trinajstić information content (AvgIpc) is 2.46. The van der Waals surface area contributed by atoms with Crippen LogP contribution in [0.1, 0.15) is 64.4 Å². The van der Waals surface area contributed by atoms with E-state index in [1.165, 1.54) is 32.1 Å². The SMILES string of the molecule is CCCCCCCC(Cc1ccc(Br)cc1F)NCCC. The van der Waals surface area contributed by atoms with Crippen LogP contribution in [-0.4, -0.2) is 12.6 Å². The summed E-state index contributed by atoms with van der Waals surface area (Å²) in [7, 11) is 0. The molecule has 1 atom stereocenters. The molecule has 0 radical (unpaired) electrons. The van der Waals surface area contributed by atoms with Crippen LogP contribution in [0.5, 0.6) is 0 Å². The summed E-state index contributed by atoms with van der Waals surface area (Å²) in [5.41, 5.74) is 0.820. The van der Waals surface area contributed by atoms with Gasteiger partial charge in [0.1, 0.15) is 5.82 Å². The molecule has 1 aromatic carbocycles. The summed E-state index contributed by atoms with van der Waals surface area (Å²) in [5, 5.41) is 3.57. The lowest BCUT2D eigenvalue weighted by atomic mass is 9.99. The molecule has 0 aliphatic heterocycles. The van der Waals surface area contributed by atoms with E-state index in [2.05, 4.69) is 35.1 Å². The van der Waals surface area contributed by atoms with Gasteiger partial charge in [0.25, 0.3) is 0 Å². The van der Waals surface area contributed by atoms with Crippen LogP contribution in [-0.2, 0) is 6.42 Å². The van der Waals surface area contributed by atoms with Gasteiger partial charge in [0.2, 0.25) is 0 Å². The second kappa shape index (κ2) is 11.2. The molecule has 0 fully saturated rings. The predicted molar refractivity (Wildman–Crippen MR) is 93.3 cm³/mol. The van der Waals surface area contributed by atoms with Crippen molar-refractivity contribution >= 4 is 15.9 Å². The highest BCUT2D eigenvalue weighted by Gasteiger charge is 2.12. The molecule has 1 N–H and O–H groups in total. The number of nitrogens with one attached hydrogen (secondary N) is 1. The molecule has 1 rings (SSSR count). The van der Waals surface area contributed by atoms with E-state index in [-0.39, 0.29) is 5.82 Å². The summed E-state index contributed by atoms with van der Waals surface area (Å²) in [5.74, 6) is -0.0985. The lowest BCUT2D eigenvalue weighted by Gasteiger charge is -2.19. The largest absolute Gasteiger partial charge is 0.314 e. The van der Waals surface area contributed by atoms with Crippen LogP contribution in [0.25, 0.3) is 0 Å². The number of halogens is 2. The van der Waals surface area contributed by atoms with Crippen LogP contribution in [0, 0.1) is 5.82 Å². The first-order valence-corrected chi connectivity index (χ1v) is 9.14. The summed E-state index contributed by atoms with van der Waals surface area (Å²) < 4.78 is 14.8. The molecule has 0 aliphatic rings. The zero-order chi connectivity index (χ0) is 15.5. The molecule has 0 bridgehead atoms. The van der Waals surface area contributed by atoms with E-state index in [9.17, 15) is 4.39 Å². The second-order valence-electron chi connectivity index (χ2n) is 5.79. The smallest absolute Gasteiger partial charge is 0.127 e. The predicted octanol–water partition coefficient (Wildman–Crippen LogP) is 5.86. The first kappa shape index (κ1) is 18.6. The summed E-state index contributed by atoms with van der Waals surface area (Å²) in [6.07, 6.45) is 9.50. The third-order valence-electron chi connectivity index (χ3n) is 3.82. The molecule has 120 valence electrons. The van der Waals surface area contributed by atoms with E-state index in [0.717, 1.165) is 35.8 Å². The lowest BCUT2D eigenvalue weighted by molar-refractivity contribution is 0.444. The van der Waals surface area contributed by atoms with Crippen LogP contribution in [0.15, 0.2) is 22.7 Å². The molecule has 0 spiro atoms. The number of rotatable bonds is 11. The van der Waals surface area contributed by atoms with Gasteiger partial charge in [0, 0.05) is 10.5 Å². The fraction of sp³-hybridized carbons (Fsp3) is 0.667. The highest BCUT2D eigenvalue weighted by atomic mass is 79.9. The van der Waals surface area contributed by atoms with Crippen molar-refractivity contribution in [2.45, 2.75) is 71.3 Å². The second-order valence-corrected chi connectivity index (χ2v) is 6.71. The maximum atomic E-state index is 14.0. The van der Waals surface area contributed by atoms with Crippen molar-refractivity contribution in [2.75, 3.05) is 6.54 Å². The summed E-state index contributed by atoms with van der Waals surface area (Å²) in [6.45, 7) is 5.42. The van der Waals surface area contributed by atoms with Crippen molar-refractivity contribution in [1.82, 2.24) is 5.32 Å². The Morgan fingerprint density at radius 2 is 1.86 bits per heavy atom. The van der Waals surface area contributed by atoms with Gasteiger partial charge < -0.3 is 5.32 Å². The Hall–Kier alpha value is -0.410. The molecule has 0 aromatic heterocycles. The molecule has 1 unspecified atom stereocenters. The minimum atomic E-state index is -0.0985. The summed E-state index contributed by atoms with van der Waals surface area (Å²) >= 11 is 3.31. The van der Waals surface area contributed by atoms with Crippen molar-refractivity contribution in [2.24, 2.45) is 0 Å². The van der Waals surface area contributed by atoms with Gasteiger partial charge >= 0.3 is 0 Å². The van der Waals surface area contributed by atoms with Crippen molar-refractivity contribution in [3.05, 3.63) is 34.1 Å². The molecule has 0 aliphatic carbocycles. The van der Waals surface area contributed by atoms with Gasteiger partial charge in [-0.1, -0.05) is 67.9 Å². The maximum absolute atomic E-state index is 14.0. The van der Waals surface area contributed by atoms with E-state index < -0.39 is 0 Å². The minimum absolute atomic E-state index is 0.0985. The van der Waals surface area contributed by atoms with Crippen LogP contribution in [0.2, 0.25) is 0 Å². The number of benzene rings is 1. The molecule has 0 heterocycles. The highest BCUT2D eigenvalue weighted by molar-refractivity contribution is 9.10. The van der Waals surface area contributed by atoms with E-state index in [0.29, 0.717) is 6.04 Å². The van der Waals surface area contributed by atoms with Gasteiger partial charge in [0.05, 0.1) is 0 Å². The Balaban J connectivity index is 2.48. The summed E-state index contributed by atoms with van der Waals surface area (Å²) in [4.78, 5) is 0. The van der Waals surface area contributed by atoms with Crippen molar-refractivity contribution in [3.8, 4) is 0 Å². The monoisotopic (exact) mass is 357 g/mol. The fourth-order valence-corrected chi connectivity index (χ4v) is 2.90. The van der Waals surface area contributed by atoms with Gasteiger partial charge in [-0.05, 0) is 43.5 Å².